The van der Waals surface area contributed by atoms with Crippen LogP contribution in [0.2, 0.25) is 0 Å². The standard InChI is InChI=1S/C23H29BrN2O3/c1-5-26(6-2)23(28)17-7-10-19(11-8-17)25-22(27)18-9-12-21(20(24)15-18)29-14-13-16(3)4/h7-12,15-16H,5-6,13-14H2,1-4H3,(H,25,27). The molecule has 0 atom stereocenters. The van der Waals surface area contributed by atoms with Gasteiger partial charge in [0.25, 0.3) is 11.8 Å². The van der Waals surface area contributed by atoms with Gasteiger partial charge < -0.3 is 15.0 Å². The lowest BCUT2D eigenvalue weighted by Gasteiger charge is -2.18. The van der Waals surface area contributed by atoms with E-state index in [1.807, 2.05) is 13.8 Å². The van der Waals surface area contributed by atoms with Crippen LogP contribution in [0.4, 0.5) is 5.69 Å². The fourth-order valence-electron chi connectivity index (χ4n) is 2.76. The van der Waals surface area contributed by atoms with Gasteiger partial charge in [0, 0.05) is 29.9 Å². The Morgan fingerprint density at radius 3 is 2.21 bits per heavy atom. The largest absolute Gasteiger partial charge is 0.492 e. The number of carbonyl (C=O) groups is 2. The third-order valence-corrected chi connectivity index (χ3v) is 5.21. The van der Waals surface area contributed by atoms with Crippen molar-refractivity contribution >= 4 is 33.4 Å². The number of hydrogen-bond donors (Lipinski definition) is 1. The van der Waals surface area contributed by atoms with E-state index in [9.17, 15) is 9.59 Å². The van der Waals surface area contributed by atoms with Crippen molar-refractivity contribution in [3.8, 4) is 5.75 Å². The second-order valence-corrected chi connectivity index (χ2v) is 8.04. The molecule has 0 aliphatic rings. The van der Waals surface area contributed by atoms with Gasteiger partial charge in [0.15, 0.2) is 0 Å². The highest BCUT2D eigenvalue weighted by molar-refractivity contribution is 9.10. The van der Waals surface area contributed by atoms with Crippen molar-refractivity contribution in [1.82, 2.24) is 4.90 Å². The molecule has 0 saturated heterocycles. The number of carbonyl (C=O) groups excluding carboxylic acids is 2. The van der Waals surface area contributed by atoms with E-state index in [0.29, 0.717) is 42.4 Å². The molecule has 6 heteroatoms. The van der Waals surface area contributed by atoms with Crippen LogP contribution >= 0.6 is 15.9 Å². The van der Waals surface area contributed by atoms with E-state index in [2.05, 4.69) is 35.1 Å². The molecule has 2 aromatic carbocycles. The lowest BCUT2D eigenvalue weighted by Crippen LogP contribution is -2.30. The van der Waals surface area contributed by atoms with Crippen molar-refractivity contribution in [2.24, 2.45) is 5.92 Å². The van der Waals surface area contributed by atoms with E-state index in [-0.39, 0.29) is 11.8 Å². The van der Waals surface area contributed by atoms with E-state index < -0.39 is 0 Å². The number of halogens is 1. The van der Waals surface area contributed by atoms with E-state index in [1.54, 1.807) is 47.4 Å². The number of ether oxygens (including phenoxy) is 1. The van der Waals surface area contributed by atoms with Gasteiger partial charge in [-0.15, -0.1) is 0 Å². The van der Waals surface area contributed by atoms with E-state index in [0.717, 1.165) is 16.6 Å². The summed E-state index contributed by atoms with van der Waals surface area (Å²) in [6, 6.07) is 12.2. The van der Waals surface area contributed by atoms with Crippen molar-refractivity contribution in [1.29, 1.82) is 0 Å². The highest BCUT2D eigenvalue weighted by Crippen LogP contribution is 2.27. The second kappa shape index (κ2) is 11.0. The number of rotatable bonds is 9. The number of nitrogens with zero attached hydrogens (tertiary/aromatic N) is 1. The van der Waals surface area contributed by atoms with Gasteiger partial charge in [0.05, 0.1) is 11.1 Å². The van der Waals surface area contributed by atoms with Crippen molar-refractivity contribution in [2.75, 3.05) is 25.0 Å². The van der Waals surface area contributed by atoms with Crippen molar-refractivity contribution in [3.05, 3.63) is 58.1 Å². The summed E-state index contributed by atoms with van der Waals surface area (Å²) in [6.45, 7) is 10.2. The molecule has 156 valence electrons. The quantitative estimate of drug-likeness (QED) is 0.528. The molecule has 0 saturated carbocycles. The SMILES string of the molecule is CCN(CC)C(=O)c1ccc(NC(=O)c2ccc(OCCC(C)C)c(Br)c2)cc1. The maximum Gasteiger partial charge on any atom is 0.255 e. The third-order valence-electron chi connectivity index (χ3n) is 4.59. The smallest absolute Gasteiger partial charge is 0.255 e. The molecular formula is C23H29BrN2O3. The third kappa shape index (κ3) is 6.60. The molecule has 0 aliphatic heterocycles. The Morgan fingerprint density at radius 2 is 1.66 bits per heavy atom. The molecule has 2 amide bonds. The first kappa shape index (κ1) is 22.9. The summed E-state index contributed by atoms with van der Waals surface area (Å²) in [4.78, 5) is 26.7. The highest BCUT2D eigenvalue weighted by atomic mass is 79.9. The predicted molar refractivity (Wildman–Crippen MR) is 121 cm³/mol. The molecule has 1 N–H and O–H groups in total. The molecule has 0 radical (unpaired) electrons. The zero-order chi connectivity index (χ0) is 21.4. The van der Waals surface area contributed by atoms with Gasteiger partial charge in [-0.05, 0) is 84.6 Å². The lowest BCUT2D eigenvalue weighted by atomic mass is 10.1. The van der Waals surface area contributed by atoms with Crippen LogP contribution in [0.1, 0.15) is 54.8 Å². The molecule has 2 rings (SSSR count). The topological polar surface area (TPSA) is 58.6 Å². The Labute approximate surface area is 181 Å². The van der Waals surface area contributed by atoms with Crippen LogP contribution in [0.5, 0.6) is 5.75 Å². The molecule has 0 bridgehead atoms. The fourth-order valence-corrected chi connectivity index (χ4v) is 3.25. The monoisotopic (exact) mass is 460 g/mol. The van der Waals surface area contributed by atoms with Crippen molar-refractivity contribution in [2.45, 2.75) is 34.1 Å². The van der Waals surface area contributed by atoms with Crippen LogP contribution in [-0.2, 0) is 0 Å². The minimum atomic E-state index is -0.220. The van der Waals surface area contributed by atoms with E-state index in [1.165, 1.54) is 0 Å². The van der Waals surface area contributed by atoms with Crippen LogP contribution in [-0.4, -0.2) is 36.4 Å². The minimum Gasteiger partial charge on any atom is -0.492 e. The van der Waals surface area contributed by atoms with Gasteiger partial charge in [0.2, 0.25) is 0 Å². The summed E-state index contributed by atoms with van der Waals surface area (Å²) < 4.78 is 6.50. The van der Waals surface area contributed by atoms with Gasteiger partial charge in [-0.2, -0.15) is 0 Å². The fraction of sp³-hybridized carbons (Fsp3) is 0.391. The molecule has 0 spiro atoms. The van der Waals surface area contributed by atoms with Crippen molar-refractivity contribution in [3.63, 3.8) is 0 Å². The van der Waals surface area contributed by atoms with Gasteiger partial charge in [0.1, 0.15) is 5.75 Å². The van der Waals surface area contributed by atoms with Gasteiger partial charge in [-0.25, -0.2) is 0 Å². The Bertz CT molecular complexity index is 831. The summed E-state index contributed by atoms with van der Waals surface area (Å²) in [5, 5.41) is 2.86. The van der Waals surface area contributed by atoms with Gasteiger partial charge in [-0.3, -0.25) is 9.59 Å². The Morgan fingerprint density at radius 1 is 1.03 bits per heavy atom. The number of anilines is 1. The van der Waals surface area contributed by atoms with Crippen LogP contribution in [0.15, 0.2) is 46.9 Å². The molecule has 0 unspecified atom stereocenters. The molecular weight excluding hydrogens is 432 g/mol. The van der Waals surface area contributed by atoms with Crippen LogP contribution in [0.25, 0.3) is 0 Å². The van der Waals surface area contributed by atoms with Crippen LogP contribution in [0, 0.1) is 5.92 Å². The maximum absolute atomic E-state index is 12.6. The van der Waals surface area contributed by atoms with Gasteiger partial charge in [-0.1, -0.05) is 13.8 Å². The normalized spacial score (nSPS) is 10.7. The molecule has 0 aromatic heterocycles. The molecule has 5 nitrogen and oxygen atoms in total. The summed E-state index contributed by atoms with van der Waals surface area (Å²) >= 11 is 3.47. The lowest BCUT2D eigenvalue weighted by molar-refractivity contribution is 0.0773. The summed E-state index contributed by atoms with van der Waals surface area (Å²) in [6.07, 6.45) is 0.974. The second-order valence-electron chi connectivity index (χ2n) is 7.19. The van der Waals surface area contributed by atoms with Crippen LogP contribution < -0.4 is 10.1 Å². The Balaban J connectivity index is 2.01. The molecule has 29 heavy (non-hydrogen) atoms. The van der Waals surface area contributed by atoms with Crippen LogP contribution in [0.3, 0.4) is 0 Å². The van der Waals surface area contributed by atoms with E-state index >= 15 is 0 Å². The number of hydrogen-bond acceptors (Lipinski definition) is 3. The highest BCUT2D eigenvalue weighted by Gasteiger charge is 2.13. The average molecular weight is 461 g/mol. The molecule has 2 aromatic rings. The Hall–Kier alpha value is -2.34. The first-order valence-corrected chi connectivity index (χ1v) is 10.8. The van der Waals surface area contributed by atoms with E-state index in [4.69, 9.17) is 4.74 Å². The molecule has 0 heterocycles. The number of amides is 2. The predicted octanol–water partition coefficient (Wildman–Crippen LogP) is 5.61. The number of benzene rings is 2. The number of nitrogens with one attached hydrogen (secondary N) is 1. The van der Waals surface area contributed by atoms with Crippen molar-refractivity contribution < 1.29 is 14.3 Å². The average Bonchev–Trinajstić information content (AvgIpc) is 2.70. The summed E-state index contributed by atoms with van der Waals surface area (Å²) in [5.74, 6) is 1.07. The zero-order valence-corrected chi connectivity index (χ0v) is 19.1. The Kier molecular flexibility index (Phi) is 8.70. The molecule has 0 aliphatic carbocycles. The summed E-state index contributed by atoms with van der Waals surface area (Å²) in [7, 11) is 0. The molecule has 0 fully saturated rings. The minimum absolute atomic E-state index is 0.00939. The first-order chi connectivity index (χ1) is 13.8. The maximum atomic E-state index is 12.6. The van der Waals surface area contributed by atoms with Gasteiger partial charge >= 0.3 is 0 Å². The summed E-state index contributed by atoms with van der Waals surface area (Å²) in [5.41, 5.74) is 1.77. The zero-order valence-electron chi connectivity index (χ0n) is 17.5. The first-order valence-electron chi connectivity index (χ1n) is 9.98.